The van der Waals surface area contributed by atoms with Gasteiger partial charge in [0.25, 0.3) is 5.91 Å². The molecule has 1 amide bonds. The molecule has 3 rings (SSSR count). The molecular weight excluding hydrogens is 244 g/mol. The summed E-state index contributed by atoms with van der Waals surface area (Å²) in [5, 5.41) is 3.90. The Morgan fingerprint density at radius 2 is 2.11 bits per heavy atom. The smallest absolute Gasteiger partial charge is 0.274 e. The average molecular weight is 254 g/mol. The summed E-state index contributed by atoms with van der Waals surface area (Å²) in [7, 11) is 0. The van der Waals surface area contributed by atoms with Crippen LogP contribution in [0, 0.1) is 0 Å². The van der Waals surface area contributed by atoms with Crippen molar-refractivity contribution in [3.63, 3.8) is 0 Å². The Morgan fingerprint density at radius 1 is 1.28 bits per heavy atom. The fourth-order valence-electron chi connectivity index (χ4n) is 2.06. The highest BCUT2D eigenvalue weighted by Gasteiger charge is 2.34. The van der Waals surface area contributed by atoms with Gasteiger partial charge in [0, 0.05) is 17.1 Å². The summed E-state index contributed by atoms with van der Waals surface area (Å²) in [5.74, 6) is -0.102. The van der Waals surface area contributed by atoms with Crippen LogP contribution in [0.1, 0.15) is 5.56 Å². The van der Waals surface area contributed by atoms with E-state index < -0.39 is 0 Å². The van der Waals surface area contributed by atoms with Gasteiger partial charge in [0.15, 0.2) is 0 Å². The van der Waals surface area contributed by atoms with E-state index in [9.17, 15) is 4.79 Å². The summed E-state index contributed by atoms with van der Waals surface area (Å²) < 4.78 is 0. The molecule has 2 aromatic rings. The van der Waals surface area contributed by atoms with Crippen LogP contribution in [0.4, 0.5) is 11.4 Å². The maximum absolute atomic E-state index is 12.4. The molecule has 1 aromatic carbocycles. The van der Waals surface area contributed by atoms with Gasteiger partial charge in [-0.05, 0) is 17.5 Å². The Morgan fingerprint density at radius 3 is 2.83 bits per heavy atom. The molecule has 0 fully saturated rings. The number of hydrogen-bond donors (Lipinski definition) is 0. The number of carbonyl (C=O) groups excluding carboxylic acids is 1. The van der Waals surface area contributed by atoms with E-state index in [0.29, 0.717) is 5.71 Å². The first-order valence-electron chi connectivity index (χ1n) is 5.47. The fraction of sp³-hybridized carbons (Fsp3) is 0. The van der Waals surface area contributed by atoms with Gasteiger partial charge in [-0.25, -0.2) is 0 Å². The molecule has 1 aromatic heterocycles. The molecule has 0 saturated carbocycles. The third-order valence-corrected chi connectivity index (χ3v) is 3.46. The van der Waals surface area contributed by atoms with Crippen LogP contribution >= 0.6 is 11.3 Å². The Kier molecular flexibility index (Phi) is 2.57. The molecule has 0 unspecified atom stereocenters. The van der Waals surface area contributed by atoms with Crippen LogP contribution in [0.2, 0.25) is 0 Å². The van der Waals surface area contributed by atoms with Crippen LogP contribution in [-0.4, -0.2) is 11.6 Å². The summed E-state index contributed by atoms with van der Waals surface area (Å²) in [5.41, 5.74) is 3.06. The Hall–Kier alpha value is -2.20. The third-order valence-electron chi connectivity index (χ3n) is 2.79. The lowest BCUT2D eigenvalue weighted by Crippen LogP contribution is -2.24. The molecule has 4 heteroatoms. The van der Waals surface area contributed by atoms with E-state index >= 15 is 0 Å². The van der Waals surface area contributed by atoms with Crippen molar-refractivity contribution < 1.29 is 4.79 Å². The molecule has 0 atom stereocenters. The van der Waals surface area contributed by atoms with Gasteiger partial charge in [0.05, 0.1) is 11.4 Å². The number of nitrogens with zero attached hydrogens (tertiary/aromatic N) is 2. The number of benzene rings is 1. The molecule has 0 N–H and O–H groups in total. The molecule has 1 aliphatic heterocycles. The molecule has 0 spiro atoms. The molecule has 18 heavy (non-hydrogen) atoms. The van der Waals surface area contributed by atoms with Crippen molar-refractivity contribution in [2.45, 2.75) is 0 Å². The number of para-hydroxylation sites is 1. The van der Waals surface area contributed by atoms with Crippen molar-refractivity contribution in [3.8, 4) is 0 Å². The van der Waals surface area contributed by atoms with Crippen molar-refractivity contribution in [2.24, 2.45) is 4.99 Å². The van der Waals surface area contributed by atoms with Gasteiger partial charge in [-0.1, -0.05) is 24.8 Å². The number of hydrogen-bond acceptors (Lipinski definition) is 3. The summed E-state index contributed by atoms with van der Waals surface area (Å²) in [6, 6.07) is 9.58. The second-order valence-corrected chi connectivity index (χ2v) is 4.58. The first kappa shape index (κ1) is 10.9. The highest BCUT2D eigenvalue weighted by atomic mass is 32.1. The number of thiophene rings is 1. The van der Waals surface area contributed by atoms with Crippen molar-refractivity contribution in [3.05, 3.63) is 59.4 Å². The zero-order valence-electron chi connectivity index (χ0n) is 9.54. The average Bonchev–Trinajstić information content (AvgIpc) is 2.98. The Labute approximate surface area is 109 Å². The van der Waals surface area contributed by atoms with E-state index in [1.807, 2.05) is 41.1 Å². The van der Waals surface area contributed by atoms with E-state index in [2.05, 4.69) is 11.6 Å². The van der Waals surface area contributed by atoms with E-state index in [0.717, 1.165) is 16.9 Å². The first-order chi connectivity index (χ1) is 8.83. The van der Waals surface area contributed by atoms with E-state index in [1.165, 1.54) is 6.20 Å². The van der Waals surface area contributed by atoms with Gasteiger partial charge in [-0.3, -0.25) is 14.7 Å². The molecule has 1 aliphatic rings. The summed E-state index contributed by atoms with van der Waals surface area (Å²) in [4.78, 5) is 18.2. The predicted octanol–water partition coefficient (Wildman–Crippen LogP) is 3.36. The lowest BCUT2D eigenvalue weighted by molar-refractivity contribution is -0.111. The van der Waals surface area contributed by atoms with Crippen LogP contribution in [0.3, 0.4) is 0 Å². The van der Waals surface area contributed by atoms with Crippen LogP contribution in [0.15, 0.2) is 58.9 Å². The minimum Gasteiger partial charge on any atom is -0.274 e. The first-order valence-corrected chi connectivity index (χ1v) is 6.42. The molecule has 0 radical (unpaired) electrons. The Bertz CT molecular complexity index is 644. The van der Waals surface area contributed by atoms with E-state index in [1.54, 1.807) is 16.2 Å². The zero-order valence-corrected chi connectivity index (χ0v) is 10.4. The van der Waals surface area contributed by atoms with Crippen LogP contribution < -0.4 is 4.90 Å². The standard InChI is InChI=1S/C14H10N2OS/c1-2-15-13-11-5-3-4-6-12(11)16(14(13)17)10-7-8-18-9-10/h2-9H,1H2. The predicted molar refractivity (Wildman–Crippen MR) is 74.6 cm³/mol. The number of amides is 1. The fourth-order valence-corrected chi connectivity index (χ4v) is 2.68. The molecule has 0 saturated heterocycles. The van der Waals surface area contributed by atoms with E-state index in [4.69, 9.17) is 0 Å². The van der Waals surface area contributed by atoms with Crippen LogP contribution in [0.5, 0.6) is 0 Å². The molecule has 0 bridgehead atoms. The summed E-state index contributed by atoms with van der Waals surface area (Å²) in [6.07, 6.45) is 1.40. The zero-order chi connectivity index (χ0) is 12.5. The van der Waals surface area contributed by atoms with Gasteiger partial charge in [-0.15, -0.1) is 0 Å². The number of rotatable bonds is 2. The van der Waals surface area contributed by atoms with Gasteiger partial charge in [-0.2, -0.15) is 11.3 Å². The van der Waals surface area contributed by atoms with Crippen molar-refractivity contribution in [1.82, 2.24) is 0 Å². The number of aliphatic imine (C=N–C) groups is 1. The lowest BCUT2D eigenvalue weighted by atomic mass is 10.1. The Balaban J connectivity index is 2.22. The molecular formula is C14H10N2OS. The summed E-state index contributed by atoms with van der Waals surface area (Å²) >= 11 is 1.56. The van der Waals surface area contributed by atoms with Crippen LogP contribution in [0.25, 0.3) is 0 Å². The number of carbonyl (C=O) groups is 1. The second-order valence-electron chi connectivity index (χ2n) is 3.80. The van der Waals surface area contributed by atoms with Crippen LogP contribution in [-0.2, 0) is 4.79 Å². The lowest BCUT2D eigenvalue weighted by Gasteiger charge is -2.14. The number of fused-ring (bicyclic) bond motifs is 1. The quantitative estimate of drug-likeness (QED) is 0.808. The monoisotopic (exact) mass is 254 g/mol. The highest BCUT2D eigenvalue weighted by molar-refractivity contribution is 7.08. The van der Waals surface area contributed by atoms with Gasteiger partial charge >= 0.3 is 0 Å². The maximum Gasteiger partial charge on any atom is 0.282 e. The van der Waals surface area contributed by atoms with Crippen molar-refractivity contribution in [1.29, 1.82) is 0 Å². The summed E-state index contributed by atoms with van der Waals surface area (Å²) in [6.45, 7) is 3.56. The molecule has 2 heterocycles. The molecule has 0 aliphatic carbocycles. The van der Waals surface area contributed by atoms with Gasteiger partial charge < -0.3 is 0 Å². The largest absolute Gasteiger partial charge is 0.282 e. The van der Waals surface area contributed by atoms with Crippen molar-refractivity contribution >= 4 is 34.3 Å². The SMILES string of the molecule is C=CN=C1C(=O)N(c2ccsc2)c2ccccc21. The van der Waals surface area contributed by atoms with E-state index in [-0.39, 0.29) is 5.91 Å². The molecule has 88 valence electrons. The van der Waals surface area contributed by atoms with Gasteiger partial charge in [0.1, 0.15) is 5.71 Å². The van der Waals surface area contributed by atoms with Crippen molar-refractivity contribution in [2.75, 3.05) is 4.90 Å². The minimum absolute atomic E-state index is 0.102. The molecule has 3 nitrogen and oxygen atoms in total. The maximum atomic E-state index is 12.4. The highest BCUT2D eigenvalue weighted by Crippen LogP contribution is 2.36. The second kappa shape index (κ2) is 4.23. The third kappa shape index (κ3) is 1.50. The topological polar surface area (TPSA) is 32.7 Å². The number of anilines is 2. The minimum atomic E-state index is -0.102. The van der Waals surface area contributed by atoms with Gasteiger partial charge in [0.2, 0.25) is 0 Å². The normalized spacial score (nSPS) is 16.1.